The average Bonchev–Trinajstić information content (AvgIpc) is 2.32. The number of nitrogens with zero attached hydrogens (tertiary/aromatic N) is 3. The Bertz CT molecular complexity index is 422. The van der Waals surface area contributed by atoms with E-state index in [4.69, 9.17) is 11.6 Å². The van der Waals surface area contributed by atoms with Crippen LogP contribution >= 0.6 is 11.6 Å². The highest BCUT2D eigenvalue weighted by Gasteiger charge is 2.17. The van der Waals surface area contributed by atoms with E-state index in [2.05, 4.69) is 27.2 Å². The summed E-state index contributed by atoms with van der Waals surface area (Å²) in [6, 6.07) is 0. The number of hydrogen-bond donors (Lipinski definition) is 1. The van der Waals surface area contributed by atoms with Gasteiger partial charge < -0.3 is 10.2 Å². The molecule has 0 saturated carbocycles. The first kappa shape index (κ1) is 13.6. The van der Waals surface area contributed by atoms with Gasteiger partial charge >= 0.3 is 0 Å². The second-order valence-corrected chi connectivity index (χ2v) is 5.54. The molecule has 1 atom stereocenters. The van der Waals surface area contributed by atoms with Gasteiger partial charge in [0.1, 0.15) is 16.8 Å². The number of hydrogen-bond acceptors (Lipinski definition) is 4. The van der Waals surface area contributed by atoms with Crippen molar-refractivity contribution in [3.63, 3.8) is 0 Å². The molecule has 1 unspecified atom stereocenters. The first-order valence-corrected chi connectivity index (χ1v) is 6.87. The molecule has 5 heteroatoms. The highest BCUT2D eigenvalue weighted by molar-refractivity contribution is 6.30. The molecule has 0 radical (unpaired) electrons. The first-order chi connectivity index (χ1) is 8.56. The maximum atomic E-state index is 6.06. The zero-order chi connectivity index (χ0) is 13.1. The van der Waals surface area contributed by atoms with Crippen LogP contribution < -0.4 is 5.32 Å². The summed E-state index contributed by atoms with van der Waals surface area (Å²) in [6.45, 7) is 7.15. The van der Waals surface area contributed by atoms with Crippen LogP contribution in [0.1, 0.15) is 24.2 Å². The van der Waals surface area contributed by atoms with Gasteiger partial charge in [-0.05, 0) is 46.2 Å². The van der Waals surface area contributed by atoms with Crippen molar-refractivity contribution in [3.05, 3.63) is 16.5 Å². The Labute approximate surface area is 114 Å². The lowest BCUT2D eigenvalue weighted by molar-refractivity contribution is 0.217. The second-order valence-electron chi connectivity index (χ2n) is 5.19. The fourth-order valence-corrected chi connectivity index (χ4v) is 2.66. The second kappa shape index (κ2) is 5.85. The van der Waals surface area contributed by atoms with Gasteiger partial charge in [-0.25, -0.2) is 9.97 Å². The van der Waals surface area contributed by atoms with Crippen molar-refractivity contribution in [3.8, 4) is 0 Å². The van der Waals surface area contributed by atoms with Crippen LogP contribution in [-0.2, 0) is 0 Å². The van der Waals surface area contributed by atoms with Gasteiger partial charge in [0.05, 0.1) is 0 Å². The molecule has 0 aromatic carbocycles. The highest BCUT2D eigenvalue weighted by Crippen LogP contribution is 2.21. The summed E-state index contributed by atoms with van der Waals surface area (Å²) in [4.78, 5) is 11.0. The van der Waals surface area contributed by atoms with Crippen molar-refractivity contribution in [1.82, 2.24) is 14.9 Å². The minimum absolute atomic E-state index is 0.547. The van der Waals surface area contributed by atoms with Crippen molar-refractivity contribution >= 4 is 17.4 Å². The molecule has 1 saturated heterocycles. The summed E-state index contributed by atoms with van der Waals surface area (Å²) in [5, 5.41) is 3.97. The molecule has 1 aromatic heterocycles. The van der Waals surface area contributed by atoms with E-state index in [0.29, 0.717) is 16.9 Å². The molecule has 1 aliphatic heterocycles. The van der Waals surface area contributed by atoms with Gasteiger partial charge in [-0.3, -0.25) is 0 Å². The molecule has 100 valence electrons. The lowest BCUT2D eigenvalue weighted by atomic mass is 9.98. The quantitative estimate of drug-likeness (QED) is 0.856. The number of aromatic nitrogens is 2. The largest absolute Gasteiger partial charge is 0.369 e. The zero-order valence-electron chi connectivity index (χ0n) is 11.3. The number of nitrogens with one attached hydrogen (secondary N) is 1. The summed E-state index contributed by atoms with van der Waals surface area (Å²) in [7, 11) is 2.18. The van der Waals surface area contributed by atoms with Gasteiger partial charge in [0.25, 0.3) is 0 Å². The molecule has 0 spiro atoms. The zero-order valence-corrected chi connectivity index (χ0v) is 12.1. The maximum Gasteiger partial charge on any atom is 0.137 e. The monoisotopic (exact) mass is 268 g/mol. The number of piperidine rings is 1. The number of likely N-dealkylation sites (tertiary alicyclic amines) is 1. The summed E-state index contributed by atoms with van der Waals surface area (Å²) >= 11 is 6.06. The Kier molecular flexibility index (Phi) is 4.40. The van der Waals surface area contributed by atoms with E-state index in [1.807, 2.05) is 13.8 Å². The minimum Gasteiger partial charge on any atom is -0.369 e. The summed E-state index contributed by atoms with van der Waals surface area (Å²) < 4.78 is 0. The predicted octanol–water partition coefficient (Wildman–Crippen LogP) is 2.50. The number of anilines is 1. The van der Waals surface area contributed by atoms with Crippen molar-refractivity contribution < 1.29 is 0 Å². The highest BCUT2D eigenvalue weighted by atomic mass is 35.5. The SMILES string of the molecule is Cc1nc(Cl)c(C)c(NCC2CCCN(C)C2)n1. The van der Waals surface area contributed by atoms with Crippen molar-refractivity contribution in [2.75, 3.05) is 32.0 Å². The Morgan fingerprint density at radius 1 is 1.39 bits per heavy atom. The maximum absolute atomic E-state index is 6.06. The molecule has 1 aromatic rings. The van der Waals surface area contributed by atoms with Crippen LogP contribution in [0.15, 0.2) is 0 Å². The molecule has 4 nitrogen and oxygen atoms in total. The molecule has 1 N–H and O–H groups in total. The lowest BCUT2D eigenvalue weighted by Gasteiger charge is -2.30. The van der Waals surface area contributed by atoms with Crippen LogP contribution in [0.2, 0.25) is 5.15 Å². The van der Waals surface area contributed by atoms with Crippen molar-refractivity contribution in [1.29, 1.82) is 0 Å². The first-order valence-electron chi connectivity index (χ1n) is 6.49. The Morgan fingerprint density at radius 2 is 2.17 bits per heavy atom. The third-order valence-corrected chi connectivity index (χ3v) is 3.85. The number of halogens is 1. The van der Waals surface area contributed by atoms with Crippen molar-refractivity contribution in [2.24, 2.45) is 5.92 Å². The van der Waals surface area contributed by atoms with Gasteiger partial charge in [0.15, 0.2) is 0 Å². The van der Waals surface area contributed by atoms with E-state index in [1.54, 1.807) is 0 Å². The van der Waals surface area contributed by atoms with E-state index >= 15 is 0 Å². The van der Waals surface area contributed by atoms with Crippen LogP contribution in [0.5, 0.6) is 0 Å². The Morgan fingerprint density at radius 3 is 2.89 bits per heavy atom. The van der Waals surface area contributed by atoms with E-state index in [9.17, 15) is 0 Å². The fourth-order valence-electron chi connectivity index (χ4n) is 2.45. The average molecular weight is 269 g/mol. The Hall–Kier alpha value is -0.870. The standard InChI is InChI=1S/C13H21ClN4/c1-9-12(14)16-10(2)17-13(9)15-7-11-5-4-6-18(3)8-11/h11H,4-8H2,1-3H3,(H,15,16,17). The molecule has 0 bridgehead atoms. The van der Waals surface area contributed by atoms with Gasteiger partial charge in [-0.15, -0.1) is 0 Å². The van der Waals surface area contributed by atoms with Gasteiger partial charge in [-0.1, -0.05) is 11.6 Å². The van der Waals surface area contributed by atoms with E-state index in [0.717, 1.165) is 24.5 Å². The van der Waals surface area contributed by atoms with Crippen LogP contribution in [0, 0.1) is 19.8 Å². The van der Waals surface area contributed by atoms with Crippen LogP contribution in [-0.4, -0.2) is 41.5 Å². The van der Waals surface area contributed by atoms with Gasteiger partial charge in [0.2, 0.25) is 0 Å². The van der Waals surface area contributed by atoms with E-state index in [-0.39, 0.29) is 0 Å². The van der Waals surface area contributed by atoms with Gasteiger partial charge in [0, 0.05) is 18.7 Å². The summed E-state index contributed by atoms with van der Waals surface area (Å²) in [6.07, 6.45) is 2.57. The summed E-state index contributed by atoms with van der Waals surface area (Å²) in [5.74, 6) is 2.28. The molecule has 0 amide bonds. The van der Waals surface area contributed by atoms with Crippen LogP contribution in [0.25, 0.3) is 0 Å². The fraction of sp³-hybridized carbons (Fsp3) is 0.692. The van der Waals surface area contributed by atoms with Gasteiger partial charge in [-0.2, -0.15) is 0 Å². The number of rotatable bonds is 3. The third-order valence-electron chi connectivity index (χ3n) is 3.48. The van der Waals surface area contributed by atoms with E-state index < -0.39 is 0 Å². The molecule has 1 aliphatic rings. The molecule has 2 heterocycles. The molecule has 1 fully saturated rings. The number of aryl methyl sites for hydroxylation is 1. The lowest BCUT2D eigenvalue weighted by Crippen LogP contribution is -2.35. The molecule has 0 aliphatic carbocycles. The van der Waals surface area contributed by atoms with Crippen LogP contribution in [0.4, 0.5) is 5.82 Å². The van der Waals surface area contributed by atoms with E-state index in [1.165, 1.54) is 19.4 Å². The van der Waals surface area contributed by atoms with Crippen molar-refractivity contribution in [2.45, 2.75) is 26.7 Å². The topological polar surface area (TPSA) is 41.1 Å². The molecule has 18 heavy (non-hydrogen) atoms. The minimum atomic E-state index is 0.547. The normalized spacial score (nSPS) is 21.0. The molecular weight excluding hydrogens is 248 g/mol. The third kappa shape index (κ3) is 3.33. The summed E-state index contributed by atoms with van der Waals surface area (Å²) in [5.41, 5.74) is 0.937. The smallest absolute Gasteiger partial charge is 0.137 e. The predicted molar refractivity (Wildman–Crippen MR) is 75.2 cm³/mol. The Balaban J connectivity index is 1.97. The van der Waals surface area contributed by atoms with Crippen LogP contribution in [0.3, 0.4) is 0 Å². The molecule has 2 rings (SSSR count). The molecular formula is C13H21ClN4.